The second kappa shape index (κ2) is 8.98. The summed E-state index contributed by atoms with van der Waals surface area (Å²) in [5.41, 5.74) is 4.46. The number of aromatic nitrogens is 1. The number of benzene rings is 1. The van der Waals surface area contributed by atoms with E-state index in [9.17, 15) is 14.4 Å². The number of carbonyl (C=O) groups is 3. The molecule has 1 aliphatic rings. The van der Waals surface area contributed by atoms with E-state index in [0.717, 1.165) is 11.3 Å². The molecular formula is C23H27N3O4. The van der Waals surface area contributed by atoms with Gasteiger partial charge >= 0.3 is 5.97 Å². The molecule has 30 heavy (non-hydrogen) atoms. The molecule has 0 radical (unpaired) electrons. The Morgan fingerprint density at radius 3 is 2.27 bits per heavy atom. The van der Waals surface area contributed by atoms with Crippen LogP contribution in [-0.2, 0) is 19.1 Å². The van der Waals surface area contributed by atoms with E-state index in [0.29, 0.717) is 17.4 Å². The minimum Gasteiger partial charge on any atom is -0.449 e. The van der Waals surface area contributed by atoms with Crippen molar-refractivity contribution in [2.75, 3.05) is 10.6 Å². The highest BCUT2D eigenvalue weighted by molar-refractivity contribution is 5.97. The molecule has 1 saturated carbocycles. The predicted molar refractivity (Wildman–Crippen MR) is 116 cm³/mol. The summed E-state index contributed by atoms with van der Waals surface area (Å²) in [6.45, 7) is 7.05. The standard InChI is InChI=1S/C23H27N3O4/c1-14-13-18(15(2)26(14)21-10-11-21)5-12-22(28)30-16(3)23(29)25-20-8-6-19(7-9-20)24-17(4)27/h5-9,12-13,16,21H,10-11H2,1-4H3,(H,24,27)(H,25,29)/b12-5+/t16-/m0/s1. The lowest BCUT2D eigenvalue weighted by atomic mass is 10.2. The first-order valence-corrected chi connectivity index (χ1v) is 10.00. The van der Waals surface area contributed by atoms with Crippen molar-refractivity contribution in [3.63, 3.8) is 0 Å². The van der Waals surface area contributed by atoms with Crippen LogP contribution in [0.25, 0.3) is 6.08 Å². The second-order valence-corrected chi connectivity index (χ2v) is 7.59. The first-order valence-electron chi connectivity index (χ1n) is 10.00. The first-order chi connectivity index (χ1) is 14.2. The number of hydrogen-bond donors (Lipinski definition) is 2. The maximum atomic E-state index is 12.3. The van der Waals surface area contributed by atoms with Gasteiger partial charge in [-0.2, -0.15) is 0 Å². The third-order valence-electron chi connectivity index (χ3n) is 4.97. The zero-order chi connectivity index (χ0) is 21.8. The average Bonchev–Trinajstić information content (AvgIpc) is 3.46. The SMILES string of the molecule is CC(=O)Nc1ccc(NC(=O)[C@H](C)OC(=O)/C=C/c2cc(C)n(C3CC3)c2C)cc1. The van der Waals surface area contributed by atoms with Crippen LogP contribution in [0.2, 0.25) is 0 Å². The molecule has 1 aliphatic carbocycles. The molecule has 1 atom stereocenters. The molecule has 7 nitrogen and oxygen atoms in total. The fraction of sp³-hybridized carbons (Fsp3) is 0.348. The molecule has 0 aliphatic heterocycles. The molecule has 0 saturated heterocycles. The lowest BCUT2D eigenvalue weighted by Gasteiger charge is -2.12. The molecule has 2 N–H and O–H groups in total. The van der Waals surface area contributed by atoms with Crippen molar-refractivity contribution < 1.29 is 19.1 Å². The fourth-order valence-corrected chi connectivity index (χ4v) is 3.37. The number of esters is 1. The van der Waals surface area contributed by atoms with E-state index in [4.69, 9.17) is 4.74 Å². The average molecular weight is 409 g/mol. The van der Waals surface area contributed by atoms with Gasteiger partial charge < -0.3 is 19.9 Å². The van der Waals surface area contributed by atoms with Crippen LogP contribution in [0.1, 0.15) is 49.7 Å². The molecule has 1 heterocycles. The number of amides is 2. The van der Waals surface area contributed by atoms with Crippen molar-refractivity contribution >= 4 is 35.2 Å². The molecule has 0 bridgehead atoms. The minimum absolute atomic E-state index is 0.171. The Bertz CT molecular complexity index is 985. The normalized spacial score (nSPS) is 14.4. The Labute approximate surface area is 176 Å². The molecule has 1 aromatic heterocycles. The van der Waals surface area contributed by atoms with Gasteiger partial charge in [-0.05, 0) is 75.6 Å². The van der Waals surface area contributed by atoms with E-state index >= 15 is 0 Å². The lowest BCUT2D eigenvalue weighted by molar-refractivity contribution is -0.148. The third kappa shape index (κ3) is 5.37. The van der Waals surface area contributed by atoms with E-state index in [1.54, 1.807) is 30.3 Å². The van der Waals surface area contributed by atoms with Gasteiger partial charge in [0.2, 0.25) is 5.91 Å². The quantitative estimate of drug-likeness (QED) is 0.535. The Morgan fingerprint density at radius 1 is 1.10 bits per heavy atom. The first kappa shape index (κ1) is 21.4. The fourth-order valence-electron chi connectivity index (χ4n) is 3.37. The summed E-state index contributed by atoms with van der Waals surface area (Å²) < 4.78 is 7.52. The molecule has 1 aromatic carbocycles. The summed E-state index contributed by atoms with van der Waals surface area (Å²) in [5.74, 6) is -1.18. The largest absolute Gasteiger partial charge is 0.449 e. The smallest absolute Gasteiger partial charge is 0.331 e. The van der Waals surface area contributed by atoms with E-state index < -0.39 is 18.0 Å². The van der Waals surface area contributed by atoms with Crippen LogP contribution in [0.5, 0.6) is 0 Å². The summed E-state index contributed by atoms with van der Waals surface area (Å²) in [6.07, 6.45) is 4.53. The zero-order valence-corrected chi connectivity index (χ0v) is 17.7. The van der Waals surface area contributed by atoms with Gasteiger partial charge in [0.1, 0.15) is 0 Å². The molecule has 2 amide bonds. The van der Waals surface area contributed by atoms with Gasteiger partial charge in [-0.25, -0.2) is 4.79 Å². The second-order valence-electron chi connectivity index (χ2n) is 7.59. The monoisotopic (exact) mass is 409 g/mol. The third-order valence-corrected chi connectivity index (χ3v) is 4.97. The Hall–Kier alpha value is -3.35. The molecule has 3 rings (SSSR count). The van der Waals surface area contributed by atoms with Crippen molar-refractivity contribution in [1.29, 1.82) is 0 Å². The molecule has 158 valence electrons. The summed E-state index contributed by atoms with van der Waals surface area (Å²) in [5, 5.41) is 5.33. The molecule has 0 unspecified atom stereocenters. The van der Waals surface area contributed by atoms with Gasteiger partial charge in [-0.1, -0.05) is 0 Å². The Kier molecular flexibility index (Phi) is 6.40. The van der Waals surface area contributed by atoms with E-state index in [2.05, 4.69) is 28.2 Å². The van der Waals surface area contributed by atoms with Crippen LogP contribution < -0.4 is 10.6 Å². The summed E-state index contributed by atoms with van der Waals surface area (Å²) in [4.78, 5) is 35.5. The number of rotatable bonds is 7. The number of ether oxygens (including phenoxy) is 1. The number of anilines is 2. The van der Waals surface area contributed by atoms with Crippen LogP contribution >= 0.6 is 0 Å². The topological polar surface area (TPSA) is 89.4 Å². The van der Waals surface area contributed by atoms with Crippen molar-refractivity contribution in [2.45, 2.75) is 52.7 Å². The highest BCUT2D eigenvalue weighted by Gasteiger charge is 2.26. The Morgan fingerprint density at radius 2 is 1.70 bits per heavy atom. The van der Waals surface area contributed by atoms with Crippen LogP contribution in [0.15, 0.2) is 36.4 Å². The van der Waals surface area contributed by atoms with E-state index in [1.165, 1.54) is 38.5 Å². The van der Waals surface area contributed by atoms with Gasteiger partial charge in [0.25, 0.3) is 5.91 Å². The van der Waals surface area contributed by atoms with Crippen LogP contribution in [0, 0.1) is 13.8 Å². The number of nitrogens with one attached hydrogen (secondary N) is 2. The number of carbonyl (C=O) groups excluding carboxylic acids is 3. The minimum atomic E-state index is -0.948. The van der Waals surface area contributed by atoms with Gasteiger partial charge in [-0.3, -0.25) is 9.59 Å². The number of nitrogens with zero attached hydrogens (tertiary/aromatic N) is 1. The van der Waals surface area contributed by atoms with E-state index in [1.807, 2.05) is 6.92 Å². The van der Waals surface area contributed by atoms with Crippen molar-refractivity contribution in [2.24, 2.45) is 0 Å². The van der Waals surface area contributed by atoms with Gasteiger partial charge in [0.15, 0.2) is 6.10 Å². The number of hydrogen-bond acceptors (Lipinski definition) is 4. The molecule has 1 fully saturated rings. The maximum Gasteiger partial charge on any atom is 0.331 e. The summed E-state index contributed by atoms with van der Waals surface area (Å²) >= 11 is 0. The molecular weight excluding hydrogens is 382 g/mol. The van der Waals surface area contributed by atoms with Gasteiger partial charge in [0.05, 0.1) is 0 Å². The van der Waals surface area contributed by atoms with Crippen molar-refractivity contribution in [3.05, 3.63) is 53.4 Å². The molecule has 0 spiro atoms. The highest BCUT2D eigenvalue weighted by atomic mass is 16.5. The predicted octanol–water partition coefficient (Wildman–Crippen LogP) is 3.98. The Balaban J connectivity index is 1.53. The zero-order valence-electron chi connectivity index (χ0n) is 17.7. The summed E-state index contributed by atoms with van der Waals surface area (Å²) in [7, 11) is 0. The van der Waals surface area contributed by atoms with Crippen molar-refractivity contribution in [3.8, 4) is 0 Å². The van der Waals surface area contributed by atoms with Crippen molar-refractivity contribution in [1.82, 2.24) is 4.57 Å². The lowest BCUT2D eigenvalue weighted by Crippen LogP contribution is -2.29. The van der Waals surface area contributed by atoms with Crippen LogP contribution in [0.4, 0.5) is 11.4 Å². The number of aryl methyl sites for hydroxylation is 1. The summed E-state index contributed by atoms with van der Waals surface area (Å²) in [6, 6.07) is 9.30. The highest BCUT2D eigenvalue weighted by Crippen LogP contribution is 2.38. The van der Waals surface area contributed by atoms with Crippen LogP contribution in [-0.4, -0.2) is 28.5 Å². The maximum absolute atomic E-state index is 12.3. The van der Waals surface area contributed by atoms with Gasteiger partial charge in [-0.15, -0.1) is 0 Å². The molecule has 7 heteroatoms. The van der Waals surface area contributed by atoms with E-state index in [-0.39, 0.29) is 5.91 Å². The van der Waals surface area contributed by atoms with Crippen LogP contribution in [0.3, 0.4) is 0 Å². The van der Waals surface area contributed by atoms with Gasteiger partial charge in [0, 0.05) is 41.8 Å². The molecule has 2 aromatic rings.